The van der Waals surface area contributed by atoms with E-state index in [1.165, 1.54) is 11.1 Å². The minimum atomic E-state index is 0.530. The molecule has 0 aliphatic heterocycles. The Balaban J connectivity index is 2.20. The summed E-state index contributed by atoms with van der Waals surface area (Å²) < 4.78 is 0. The fourth-order valence-corrected chi connectivity index (χ4v) is 2.44. The van der Waals surface area contributed by atoms with Gasteiger partial charge in [-0.1, -0.05) is 60.6 Å². The molecule has 2 aliphatic rings. The summed E-state index contributed by atoms with van der Waals surface area (Å²) in [4.78, 5) is 0. The van der Waals surface area contributed by atoms with E-state index in [2.05, 4.69) is 56.0 Å². The Morgan fingerprint density at radius 1 is 1.13 bits per heavy atom. The third-order valence-corrected chi connectivity index (χ3v) is 3.30. The van der Waals surface area contributed by atoms with Crippen LogP contribution in [0.1, 0.15) is 19.8 Å². The average Bonchev–Trinajstić information content (AvgIpc) is 2.90. The van der Waals surface area contributed by atoms with Crippen LogP contribution in [-0.4, -0.2) is 0 Å². The Hall–Kier alpha value is -1.30. The van der Waals surface area contributed by atoms with Crippen LogP contribution in [0.4, 0.5) is 0 Å². The van der Waals surface area contributed by atoms with Crippen LogP contribution in [-0.2, 0) is 0 Å². The fourth-order valence-electron chi connectivity index (χ4n) is 2.44. The van der Waals surface area contributed by atoms with Gasteiger partial charge in [-0.2, -0.15) is 0 Å². The van der Waals surface area contributed by atoms with Crippen molar-refractivity contribution in [3.05, 3.63) is 60.3 Å². The molecule has 0 bridgehead atoms. The lowest BCUT2D eigenvalue weighted by Gasteiger charge is -2.24. The van der Waals surface area contributed by atoms with Crippen LogP contribution in [0.5, 0.6) is 0 Å². The molecule has 0 radical (unpaired) electrons. The van der Waals surface area contributed by atoms with E-state index in [9.17, 15) is 0 Å². The first-order valence-corrected chi connectivity index (χ1v) is 5.66. The number of hydrogen-bond acceptors (Lipinski definition) is 0. The molecule has 0 aromatic rings. The highest BCUT2D eigenvalue weighted by atomic mass is 14.3. The maximum absolute atomic E-state index is 3.93. The molecule has 0 amide bonds. The van der Waals surface area contributed by atoms with Crippen LogP contribution in [0.2, 0.25) is 0 Å². The Morgan fingerprint density at radius 2 is 1.67 bits per heavy atom. The minimum absolute atomic E-state index is 0.530. The van der Waals surface area contributed by atoms with E-state index in [4.69, 9.17) is 0 Å². The van der Waals surface area contributed by atoms with Gasteiger partial charge in [-0.15, -0.1) is 6.58 Å². The molecule has 0 nitrogen and oxygen atoms in total. The molecule has 0 heteroatoms. The van der Waals surface area contributed by atoms with E-state index >= 15 is 0 Å². The van der Waals surface area contributed by atoms with Crippen molar-refractivity contribution in [2.45, 2.75) is 19.8 Å². The molecule has 0 saturated heterocycles. The first-order chi connectivity index (χ1) is 7.33. The van der Waals surface area contributed by atoms with Gasteiger partial charge >= 0.3 is 0 Å². The van der Waals surface area contributed by atoms with Crippen LogP contribution in [0.15, 0.2) is 60.3 Å². The number of allylic oxidation sites excluding steroid dienone is 9. The zero-order valence-corrected chi connectivity index (χ0v) is 9.32. The molecule has 0 heterocycles. The molecule has 1 unspecified atom stereocenters. The Labute approximate surface area is 92.4 Å². The second kappa shape index (κ2) is 4.48. The molecule has 15 heavy (non-hydrogen) atoms. The van der Waals surface area contributed by atoms with Gasteiger partial charge in [0.15, 0.2) is 0 Å². The highest BCUT2D eigenvalue weighted by Crippen LogP contribution is 2.36. The summed E-state index contributed by atoms with van der Waals surface area (Å²) in [6, 6.07) is 0. The number of rotatable bonds is 4. The summed E-state index contributed by atoms with van der Waals surface area (Å²) >= 11 is 0. The van der Waals surface area contributed by atoms with Crippen molar-refractivity contribution in [2.75, 3.05) is 0 Å². The predicted molar refractivity (Wildman–Crippen MR) is 66.5 cm³/mol. The monoisotopic (exact) mass is 198 g/mol. The van der Waals surface area contributed by atoms with Crippen molar-refractivity contribution in [1.82, 2.24) is 0 Å². The first kappa shape index (κ1) is 10.2. The SMILES string of the molecule is C=CC(C)C(C1=CC=CC1)C1=CC=CC1. The van der Waals surface area contributed by atoms with Crippen molar-refractivity contribution in [2.24, 2.45) is 11.8 Å². The van der Waals surface area contributed by atoms with Crippen molar-refractivity contribution < 1.29 is 0 Å². The quantitative estimate of drug-likeness (QED) is 0.594. The van der Waals surface area contributed by atoms with Crippen LogP contribution < -0.4 is 0 Å². The summed E-state index contributed by atoms with van der Waals surface area (Å²) in [5.74, 6) is 1.09. The third kappa shape index (κ3) is 2.04. The van der Waals surface area contributed by atoms with Crippen molar-refractivity contribution in [3.63, 3.8) is 0 Å². The maximum atomic E-state index is 3.93. The summed E-state index contributed by atoms with van der Waals surface area (Å²) in [6.07, 6.45) is 17.6. The van der Waals surface area contributed by atoms with Gasteiger partial charge in [-0.05, 0) is 18.8 Å². The van der Waals surface area contributed by atoms with E-state index < -0.39 is 0 Å². The van der Waals surface area contributed by atoms with Crippen LogP contribution in [0.25, 0.3) is 0 Å². The second-order valence-electron chi connectivity index (χ2n) is 4.32. The van der Waals surface area contributed by atoms with Gasteiger partial charge in [0.25, 0.3) is 0 Å². The lowest BCUT2D eigenvalue weighted by molar-refractivity contribution is 0.543. The van der Waals surface area contributed by atoms with Crippen LogP contribution in [0.3, 0.4) is 0 Å². The molecule has 2 rings (SSSR count). The largest absolute Gasteiger partial charge is 0.103 e. The van der Waals surface area contributed by atoms with Gasteiger partial charge in [-0.25, -0.2) is 0 Å². The second-order valence-corrected chi connectivity index (χ2v) is 4.32. The van der Waals surface area contributed by atoms with Gasteiger partial charge in [0, 0.05) is 5.92 Å². The van der Waals surface area contributed by atoms with Gasteiger partial charge < -0.3 is 0 Å². The first-order valence-electron chi connectivity index (χ1n) is 5.66. The Morgan fingerprint density at radius 3 is 2.00 bits per heavy atom. The van der Waals surface area contributed by atoms with E-state index in [0.717, 1.165) is 12.8 Å². The zero-order valence-electron chi connectivity index (χ0n) is 9.32. The maximum Gasteiger partial charge on any atom is 0.00795 e. The standard InChI is InChI=1S/C15H18/c1-3-12(2)15(13-8-4-5-9-13)14-10-6-7-11-14/h3-8,10,12,15H,1,9,11H2,2H3. The van der Waals surface area contributed by atoms with Crippen molar-refractivity contribution >= 4 is 0 Å². The average molecular weight is 198 g/mol. The molecule has 1 atom stereocenters. The predicted octanol–water partition coefficient (Wildman–Crippen LogP) is 4.20. The lowest BCUT2D eigenvalue weighted by atomic mass is 9.80. The van der Waals surface area contributed by atoms with E-state index in [1.807, 2.05) is 0 Å². The van der Waals surface area contributed by atoms with Crippen molar-refractivity contribution in [1.29, 1.82) is 0 Å². The molecule has 0 N–H and O–H groups in total. The fraction of sp³-hybridized carbons (Fsp3) is 0.333. The molecule has 0 aromatic heterocycles. The van der Waals surface area contributed by atoms with E-state index in [1.54, 1.807) is 0 Å². The van der Waals surface area contributed by atoms with Crippen LogP contribution >= 0.6 is 0 Å². The smallest absolute Gasteiger partial charge is 0.00795 e. The number of hydrogen-bond donors (Lipinski definition) is 0. The molecular weight excluding hydrogens is 180 g/mol. The van der Waals surface area contributed by atoms with Gasteiger partial charge in [-0.3, -0.25) is 0 Å². The minimum Gasteiger partial charge on any atom is -0.103 e. The highest BCUT2D eigenvalue weighted by molar-refractivity contribution is 5.37. The normalized spacial score (nSPS) is 20.7. The van der Waals surface area contributed by atoms with E-state index in [0.29, 0.717) is 11.8 Å². The molecule has 0 aromatic carbocycles. The third-order valence-electron chi connectivity index (χ3n) is 3.30. The summed E-state index contributed by atoms with van der Waals surface area (Å²) in [7, 11) is 0. The molecule has 0 spiro atoms. The topological polar surface area (TPSA) is 0 Å². The molecular formula is C15H18. The molecule has 0 fully saturated rings. The van der Waals surface area contributed by atoms with Crippen LogP contribution in [0, 0.1) is 11.8 Å². The van der Waals surface area contributed by atoms with Crippen molar-refractivity contribution in [3.8, 4) is 0 Å². The summed E-state index contributed by atoms with van der Waals surface area (Å²) in [5, 5.41) is 0. The van der Waals surface area contributed by atoms with E-state index in [-0.39, 0.29) is 0 Å². The summed E-state index contributed by atoms with van der Waals surface area (Å²) in [6.45, 7) is 6.19. The van der Waals surface area contributed by atoms with Gasteiger partial charge in [0.2, 0.25) is 0 Å². The molecule has 0 saturated carbocycles. The lowest BCUT2D eigenvalue weighted by Crippen LogP contribution is -2.14. The molecule has 78 valence electrons. The zero-order chi connectivity index (χ0) is 10.7. The van der Waals surface area contributed by atoms with Gasteiger partial charge in [0.05, 0.1) is 0 Å². The summed E-state index contributed by atoms with van der Waals surface area (Å²) in [5.41, 5.74) is 3.08. The Kier molecular flexibility index (Phi) is 3.05. The highest BCUT2D eigenvalue weighted by Gasteiger charge is 2.23. The molecule has 2 aliphatic carbocycles. The Bertz CT molecular complexity index is 333. The van der Waals surface area contributed by atoms with Gasteiger partial charge in [0.1, 0.15) is 0 Å².